The zero-order valence-electron chi connectivity index (χ0n) is 13.9. The summed E-state index contributed by atoms with van der Waals surface area (Å²) in [6.45, 7) is 0.226. The minimum absolute atomic E-state index is 0.196. The van der Waals surface area contributed by atoms with Gasteiger partial charge in [0.1, 0.15) is 0 Å². The molecule has 1 amide bonds. The fraction of sp³-hybridized carbons (Fsp3) is 0.278. The van der Waals surface area contributed by atoms with Crippen molar-refractivity contribution in [3.05, 3.63) is 57.2 Å². The highest BCUT2D eigenvalue weighted by atomic mass is 35.5. The van der Waals surface area contributed by atoms with Crippen LogP contribution in [0.3, 0.4) is 0 Å². The molecule has 26 heavy (non-hydrogen) atoms. The highest BCUT2D eigenvalue weighted by Crippen LogP contribution is 2.25. The maximum Gasteiger partial charge on any atom is 0.316 e. The molecular weight excluding hydrogens is 392 g/mol. The third-order valence-electron chi connectivity index (χ3n) is 3.65. The Kier molecular flexibility index (Phi) is 6.71. The normalized spacial score (nSPS) is 13.6. The van der Waals surface area contributed by atoms with Gasteiger partial charge in [0.15, 0.2) is 6.61 Å². The summed E-state index contributed by atoms with van der Waals surface area (Å²) >= 11 is 8.79. The first-order valence-corrected chi connectivity index (χ1v) is 10.4. The van der Waals surface area contributed by atoms with Gasteiger partial charge in [-0.25, -0.2) is 5.01 Å². The number of thiophene rings is 1. The molecule has 5 nitrogen and oxygen atoms in total. The molecule has 2 heterocycles. The third kappa shape index (κ3) is 5.33. The standard InChI is InChI=1S/C18H17ClN2O3S2/c19-16-7-6-14(26-16)11-25-12-18(23)24-10-17(22)21-9-8-15(20-21)13-4-2-1-3-5-13/h1-7H,8-12H2. The number of hydrogen-bond acceptors (Lipinski definition) is 6. The molecule has 1 aromatic carbocycles. The predicted octanol–water partition coefficient (Wildman–Crippen LogP) is 3.81. The van der Waals surface area contributed by atoms with Crippen LogP contribution in [-0.4, -0.2) is 41.5 Å². The number of rotatable bonds is 7. The number of benzene rings is 1. The highest BCUT2D eigenvalue weighted by Gasteiger charge is 2.22. The fourth-order valence-electron chi connectivity index (χ4n) is 2.39. The van der Waals surface area contributed by atoms with Crippen LogP contribution < -0.4 is 0 Å². The van der Waals surface area contributed by atoms with Crippen LogP contribution in [0.25, 0.3) is 0 Å². The number of halogens is 1. The molecule has 3 rings (SSSR count). The Morgan fingerprint density at radius 2 is 2.04 bits per heavy atom. The van der Waals surface area contributed by atoms with Gasteiger partial charge in [0.25, 0.3) is 5.91 Å². The largest absolute Gasteiger partial charge is 0.455 e. The van der Waals surface area contributed by atoms with Gasteiger partial charge in [0, 0.05) is 17.1 Å². The molecule has 0 spiro atoms. The molecule has 136 valence electrons. The molecule has 0 fully saturated rings. The SMILES string of the molecule is O=C(CSCc1ccc(Cl)s1)OCC(=O)N1CCC(c2ccccc2)=N1. The van der Waals surface area contributed by atoms with E-state index in [4.69, 9.17) is 16.3 Å². The van der Waals surface area contributed by atoms with E-state index in [0.29, 0.717) is 18.7 Å². The Balaban J connectivity index is 1.39. The Bertz CT molecular complexity index is 808. The van der Waals surface area contributed by atoms with E-state index in [1.807, 2.05) is 42.5 Å². The number of thioether (sulfide) groups is 1. The highest BCUT2D eigenvalue weighted by molar-refractivity contribution is 7.99. The van der Waals surface area contributed by atoms with Gasteiger partial charge in [-0.05, 0) is 17.7 Å². The molecule has 0 bridgehead atoms. The number of ether oxygens (including phenoxy) is 1. The summed E-state index contributed by atoms with van der Waals surface area (Å²) < 4.78 is 5.79. The van der Waals surface area contributed by atoms with Crippen molar-refractivity contribution in [2.75, 3.05) is 18.9 Å². The Morgan fingerprint density at radius 1 is 1.23 bits per heavy atom. The van der Waals surface area contributed by atoms with Gasteiger partial charge < -0.3 is 4.74 Å². The molecule has 1 aliphatic rings. The van der Waals surface area contributed by atoms with Crippen molar-refractivity contribution in [2.24, 2.45) is 5.10 Å². The zero-order valence-corrected chi connectivity index (χ0v) is 16.3. The average Bonchev–Trinajstić information content (AvgIpc) is 3.30. The molecule has 1 aromatic heterocycles. The van der Waals surface area contributed by atoms with Gasteiger partial charge in [0.2, 0.25) is 0 Å². The van der Waals surface area contributed by atoms with E-state index in [0.717, 1.165) is 20.5 Å². The first kappa shape index (κ1) is 18.9. The summed E-state index contributed by atoms with van der Waals surface area (Å²) in [5.41, 5.74) is 1.88. The van der Waals surface area contributed by atoms with E-state index in [1.165, 1.54) is 28.1 Å². The van der Waals surface area contributed by atoms with Crippen molar-refractivity contribution in [1.29, 1.82) is 0 Å². The molecule has 8 heteroatoms. The van der Waals surface area contributed by atoms with Crippen molar-refractivity contribution in [3.63, 3.8) is 0 Å². The molecule has 0 N–H and O–H groups in total. The molecule has 1 aliphatic heterocycles. The van der Waals surface area contributed by atoms with Gasteiger partial charge in [-0.1, -0.05) is 41.9 Å². The monoisotopic (exact) mass is 408 g/mol. The van der Waals surface area contributed by atoms with E-state index in [-0.39, 0.29) is 18.3 Å². The molecule has 0 atom stereocenters. The van der Waals surface area contributed by atoms with Crippen LogP contribution in [0.2, 0.25) is 4.34 Å². The fourth-order valence-corrected chi connectivity index (χ4v) is 4.41. The van der Waals surface area contributed by atoms with Crippen LogP contribution in [0.1, 0.15) is 16.9 Å². The lowest BCUT2D eigenvalue weighted by Crippen LogP contribution is -2.29. The second kappa shape index (κ2) is 9.21. The van der Waals surface area contributed by atoms with Crippen LogP contribution in [0.15, 0.2) is 47.6 Å². The minimum atomic E-state index is -0.405. The average molecular weight is 409 g/mol. The number of amides is 1. The van der Waals surface area contributed by atoms with Crippen molar-refractivity contribution < 1.29 is 14.3 Å². The zero-order chi connectivity index (χ0) is 18.4. The van der Waals surface area contributed by atoms with Crippen molar-refractivity contribution in [3.8, 4) is 0 Å². The lowest BCUT2D eigenvalue weighted by atomic mass is 10.1. The molecule has 0 radical (unpaired) electrons. The Hall–Kier alpha value is -1.83. The number of nitrogens with zero attached hydrogens (tertiary/aromatic N) is 2. The van der Waals surface area contributed by atoms with Crippen LogP contribution in [-0.2, 0) is 20.1 Å². The predicted molar refractivity (Wildman–Crippen MR) is 106 cm³/mol. The quantitative estimate of drug-likeness (QED) is 0.653. The molecule has 0 unspecified atom stereocenters. The number of hydrogen-bond donors (Lipinski definition) is 0. The number of esters is 1. The van der Waals surface area contributed by atoms with E-state index in [1.54, 1.807) is 0 Å². The summed E-state index contributed by atoms with van der Waals surface area (Å²) in [7, 11) is 0. The Labute approximate surface area is 165 Å². The summed E-state index contributed by atoms with van der Waals surface area (Å²) in [6, 6.07) is 13.5. The number of hydrazone groups is 1. The first-order chi connectivity index (χ1) is 12.6. The molecular formula is C18H17ClN2O3S2. The number of carbonyl (C=O) groups is 2. The second-order valence-corrected chi connectivity index (χ2v) is 8.32. The van der Waals surface area contributed by atoms with Crippen LogP contribution in [0.4, 0.5) is 0 Å². The lowest BCUT2D eigenvalue weighted by Gasteiger charge is -2.11. The van der Waals surface area contributed by atoms with Gasteiger partial charge >= 0.3 is 5.97 Å². The van der Waals surface area contributed by atoms with E-state index in [2.05, 4.69) is 5.10 Å². The van der Waals surface area contributed by atoms with Gasteiger partial charge in [-0.15, -0.1) is 23.1 Å². The molecule has 0 saturated carbocycles. The summed E-state index contributed by atoms with van der Waals surface area (Å²) in [5, 5.41) is 5.70. The second-order valence-electron chi connectivity index (χ2n) is 5.54. The molecule has 2 aromatic rings. The Morgan fingerprint density at radius 3 is 2.77 bits per heavy atom. The maximum absolute atomic E-state index is 12.1. The van der Waals surface area contributed by atoms with E-state index < -0.39 is 5.97 Å². The van der Waals surface area contributed by atoms with Crippen LogP contribution in [0.5, 0.6) is 0 Å². The minimum Gasteiger partial charge on any atom is -0.455 e. The molecule has 0 aliphatic carbocycles. The number of carbonyl (C=O) groups excluding carboxylic acids is 2. The summed E-state index contributed by atoms with van der Waals surface area (Å²) in [4.78, 5) is 25.0. The third-order valence-corrected chi connectivity index (χ3v) is 6.02. The van der Waals surface area contributed by atoms with Gasteiger partial charge in [-0.2, -0.15) is 5.10 Å². The lowest BCUT2D eigenvalue weighted by molar-refractivity contribution is -0.149. The van der Waals surface area contributed by atoms with Crippen LogP contribution >= 0.6 is 34.7 Å². The maximum atomic E-state index is 12.1. The smallest absolute Gasteiger partial charge is 0.316 e. The topological polar surface area (TPSA) is 59.0 Å². The van der Waals surface area contributed by atoms with E-state index >= 15 is 0 Å². The van der Waals surface area contributed by atoms with Crippen LogP contribution in [0, 0.1) is 0 Å². The van der Waals surface area contributed by atoms with E-state index in [9.17, 15) is 9.59 Å². The first-order valence-electron chi connectivity index (χ1n) is 8.02. The van der Waals surface area contributed by atoms with Gasteiger partial charge in [-0.3, -0.25) is 9.59 Å². The van der Waals surface area contributed by atoms with Gasteiger partial charge in [0.05, 0.1) is 22.3 Å². The molecule has 0 saturated heterocycles. The van der Waals surface area contributed by atoms with Crippen molar-refractivity contribution >= 4 is 52.3 Å². The van der Waals surface area contributed by atoms with Crippen molar-refractivity contribution in [2.45, 2.75) is 12.2 Å². The van der Waals surface area contributed by atoms with Crippen molar-refractivity contribution in [1.82, 2.24) is 5.01 Å². The summed E-state index contributed by atoms with van der Waals surface area (Å²) in [6.07, 6.45) is 0.697. The summed E-state index contributed by atoms with van der Waals surface area (Å²) in [5.74, 6) is 0.176.